The van der Waals surface area contributed by atoms with Crippen molar-refractivity contribution in [1.82, 2.24) is 0 Å². The minimum Gasteiger partial charge on any atom is -0.0683 e. The molecule has 0 amide bonds. The Morgan fingerprint density at radius 1 is 0.250 bits per heavy atom. The van der Waals surface area contributed by atoms with E-state index >= 15 is 0 Å². The van der Waals surface area contributed by atoms with Crippen molar-refractivity contribution in [2.45, 2.75) is 231 Å². The molecule has 2 atom stereocenters. The van der Waals surface area contributed by atoms with Crippen LogP contribution in [-0.4, -0.2) is 0 Å². The summed E-state index contributed by atoms with van der Waals surface area (Å²) in [6.45, 7) is 27.4. The lowest BCUT2D eigenvalue weighted by Gasteiger charge is -2.33. The highest BCUT2D eigenvalue weighted by molar-refractivity contribution is 4.77. The summed E-state index contributed by atoms with van der Waals surface area (Å²) in [5.41, 5.74) is 0. The molecule has 0 spiro atoms. The van der Waals surface area contributed by atoms with Crippen LogP contribution >= 0.6 is 0 Å². The zero-order chi connectivity index (χ0) is 31.4. The minimum atomic E-state index is 1.000. The van der Waals surface area contributed by atoms with Crippen LogP contribution in [0.25, 0.3) is 0 Å². The zero-order valence-corrected chi connectivity index (χ0v) is 31.4. The zero-order valence-electron chi connectivity index (χ0n) is 31.4. The number of rotatable bonds is 1. The molecule has 0 aromatic rings. The van der Waals surface area contributed by atoms with Gasteiger partial charge in [-0.15, -0.1) is 0 Å². The topological polar surface area (TPSA) is 0 Å². The second-order valence-electron chi connectivity index (χ2n) is 12.0. The maximum absolute atomic E-state index is 2.50. The molecule has 4 rings (SSSR count). The molecule has 0 aromatic heterocycles. The van der Waals surface area contributed by atoms with Crippen LogP contribution in [0.4, 0.5) is 0 Å². The summed E-state index contributed by atoms with van der Waals surface area (Å²) in [5, 5.41) is 0. The van der Waals surface area contributed by atoms with Crippen molar-refractivity contribution in [1.29, 1.82) is 0 Å². The molecule has 4 saturated carbocycles. The Kier molecular flexibility index (Phi) is 48.3. The fraction of sp³-hybridized carbons (Fsp3) is 1.00. The smallest absolute Gasteiger partial charge is 0.0383 e. The van der Waals surface area contributed by atoms with Crippen LogP contribution in [0, 0.1) is 29.6 Å². The Morgan fingerprint density at radius 3 is 0.900 bits per heavy atom. The van der Waals surface area contributed by atoms with E-state index in [-0.39, 0.29) is 0 Å². The molecular formula is C40H88. The molecule has 0 bridgehead atoms. The monoisotopic (exact) mass is 569 g/mol. The third-order valence-corrected chi connectivity index (χ3v) is 8.43. The van der Waals surface area contributed by atoms with Crippen LogP contribution in [-0.2, 0) is 0 Å². The highest BCUT2D eigenvalue weighted by Crippen LogP contribution is 2.38. The van der Waals surface area contributed by atoms with Crippen LogP contribution in [0.3, 0.4) is 0 Å². The average Bonchev–Trinajstić information content (AvgIpc) is 3.86. The van der Waals surface area contributed by atoms with Crippen molar-refractivity contribution in [3.63, 3.8) is 0 Å². The van der Waals surface area contributed by atoms with Gasteiger partial charge in [0.25, 0.3) is 0 Å². The average molecular weight is 569 g/mol. The largest absolute Gasteiger partial charge is 0.0683 e. The van der Waals surface area contributed by atoms with Crippen LogP contribution in [0.15, 0.2) is 0 Å². The third-order valence-electron chi connectivity index (χ3n) is 8.43. The normalized spacial score (nSPS) is 26.3. The molecule has 0 nitrogen and oxygen atoms in total. The molecule has 0 heterocycles. The van der Waals surface area contributed by atoms with Gasteiger partial charge in [-0.25, -0.2) is 0 Å². The highest BCUT2D eigenvalue weighted by atomic mass is 14.3. The summed E-state index contributed by atoms with van der Waals surface area (Å²) in [6, 6.07) is 0. The Morgan fingerprint density at radius 2 is 0.500 bits per heavy atom. The fourth-order valence-corrected chi connectivity index (χ4v) is 6.13. The van der Waals surface area contributed by atoms with E-state index in [0.29, 0.717) is 0 Å². The van der Waals surface area contributed by atoms with Gasteiger partial charge in [-0.3, -0.25) is 0 Å². The lowest BCUT2D eigenvalue weighted by molar-refractivity contribution is 0.187. The van der Waals surface area contributed by atoms with E-state index in [2.05, 4.69) is 20.8 Å². The van der Waals surface area contributed by atoms with E-state index in [1.54, 1.807) is 25.7 Å². The van der Waals surface area contributed by atoms with Gasteiger partial charge in [-0.1, -0.05) is 225 Å². The van der Waals surface area contributed by atoms with E-state index in [0.717, 1.165) is 29.6 Å². The van der Waals surface area contributed by atoms with Gasteiger partial charge in [-0.2, -0.15) is 0 Å². The second kappa shape index (κ2) is 41.1. The Labute approximate surface area is 260 Å². The van der Waals surface area contributed by atoms with Gasteiger partial charge in [0, 0.05) is 0 Å². The fourth-order valence-electron chi connectivity index (χ4n) is 6.13. The lowest BCUT2D eigenvalue weighted by Crippen LogP contribution is -2.21. The van der Waals surface area contributed by atoms with E-state index < -0.39 is 0 Å². The first-order chi connectivity index (χ1) is 19.6. The van der Waals surface area contributed by atoms with Crippen molar-refractivity contribution in [2.75, 3.05) is 0 Å². The predicted octanol–water partition coefficient (Wildman–Crippen LogP) is 15.9. The van der Waals surface area contributed by atoms with Gasteiger partial charge in [0.1, 0.15) is 0 Å². The lowest BCUT2D eigenvalue weighted by atomic mass is 9.73. The maximum Gasteiger partial charge on any atom is -0.0383 e. The molecule has 40 heavy (non-hydrogen) atoms. The van der Waals surface area contributed by atoms with Gasteiger partial charge in [0.05, 0.1) is 0 Å². The Hall–Kier alpha value is 0. The summed E-state index contributed by atoms with van der Waals surface area (Å²) in [6.07, 6.45) is 33.1. The Balaban J connectivity index is -0.000000246. The number of hydrogen-bond donors (Lipinski definition) is 0. The Bertz CT molecular complexity index is 363. The summed E-state index contributed by atoms with van der Waals surface area (Å²) in [5.74, 6) is 5.18. The number of hydrogen-bond acceptors (Lipinski definition) is 0. The molecule has 0 N–H and O–H groups in total. The molecule has 4 aliphatic rings. The van der Waals surface area contributed by atoms with E-state index in [1.807, 2.05) is 69.2 Å². The SMILES string of the molecule is C1CC1.CC.CC.CC.CC.CC.CC1CCCC(C2CCCCCC(C)C2)CCC1.CC1CCCCCCC1. The highest BCUT2D eigenvalue weighted by Gasteiger charge is 2.25. The molecule has 0 heteroatoms. The van der Waals surface area contributed by atoms with E-state index in [1.165, 1.54) is 116 Å². The summed E-state index contributed by atoms with van der Waals surface area (Å²) >= 11 is 0. The first-order valence-corrected chi connectivity index (χ1v) is 19.6. The quantitative estimate of drug-likeness (QED) is 0.295. The van der Waals surface area contributed by atoms with Gasteiger partial charge < -0.3 is 0 Å². The second-order valence-corrected chi connectivity index (χ2v) is 12.0. The minimum absolute atomic E-state index is 1.000. The molecule has 4 aliphatic carbocycles. The van der Waals surface area contributed by atoms with Gasteiger partial charge >= 0.3 is 0 Å². The van der Waals surface area contributed by atoms with Gasteiger partial charge in [-0.05, 0) is 36.0 Å². The molecule has 2 unspecified atom stereocenters. The first kappa shape index (κ1) is 46.9. The van der Waals surface area contributed by atoms with Crippen LogP contribution in [0.2, 0.25) is 0 Å². The standard InChI is InChI=1S/C18H34.C9H18.C3H6.5C2H6/c1-15-9-6-12-17(13-7-10-15)18-11-5-3-4-8-16(2)14-18;1-9-7-5-3-2-4-6-8-9;1-2-3-1;5*1-2/h15-18H,3-14H2,1-2H3;9H,2-8H2,1H3;1-3H2;5*1-2H3. The predicted molar refractivity (Wildman–Crippen MR) is 193 cm³/mol. The molecule has 4 fully saturated rings. The van der Waals surface area contributed by atoms with Crippen molar-refractivity contribution in [3.05, 3.63) is 0 Å². The molecule has 0 aliphatic heterocycles. The van der Waals surface area contributed by atoms with Crippen LogP contribution in [0.5, 0.6) is 0 Å². The van der Waals surface area contributed by atoms with Crippen molar-refractivity contribution < 1.29 is 0 Å². The van der Waals surface area contributed by atoms with E-state index in [4.69, 9.17) is 0 Å². The van der Waals surface area contributed by atoms with Crippen molar-refractivity contribution in [2.24, 2.45) is 29.6 Å². The third kappa shape index (κ3) is 34.2. The van der Waals surface area contributed by atoms with Crippen LogP contribution < -0.4 is 0 Å². The van der Waals surface area contributed by atoms with Gasteiger partial charge in [0.15, 0.2) is 0 Å². The van der Waals surface area contributed by atoms with Crippen molar-refractivity contribution in [3.8, 4) is 0 Å². The van der Waals surface area contributed by atoms with Crippen LogP contribution in [0.1, 0.15) is 231 Å². The van der Waals surface area contributed by atoms with Gasteiger partial charge in [0.2, 0.25) is 0 Å². The molecule has 0 radical (unpaired) electrons. The van der Waals surface area contributed by atoms with E-state index in [9.17, 15) is 0 Å². The molecule has 0 saturated heterocycles. The summed E-state index contributed by atoms with van der Waals surface area (Å²) in [7, 11) is 0. The maximum atomic E-state index is 2.50. The molecule has 0 aromatic carbocycles. The summed E-state index contributed by atoms with van der Waals surface area (Å²) in [4.78, 5) is 0. The van der Waals surface area contributed by atoms with Crippen molar-refractivity contribution >= 4 is 0 Å². The molecule has 248 valence electrons. The molecular weight excluding hydrogens is 480 g/mol. The summed E-state index contributed by atoms with van der Waals surface area (Å²) < 4.78 is 0. The first-order valence-electron chi connectivity index (χ1n) is 19.6.